The molecule has 0 radical (unpaired) electrons. The van der Waals surface area contributed by atoms with E-state index in [9.17, 15) is 14.7 Å². The summed E-state index contributed by atoms with van der Waals surface area (Å²) < 4.78 is 0. The molecule has 1 aliphatic carbocycles. The summed E-state index contributed by atoms with van der Waals surface area (Å²) in [6, 6.07) is 0.191. The van der Waals surface area contributed by atoms with Gasteiger partial charge in [-0.25, -0.2) is 0 Å². The molecule has 1 heterocycles. The quantitative estimate of drug-likeness (QED) is 0.592. The van der Waals surface area contributed by atoms with Crippen LogP contribution in [0.15, 0.2) is 0 Å². The van der Waals surface area contributed by atoms with Gasteiger partial charge in [-0.1, -0.05) is 0 Å². The molecular formula is C12H21N3O3. The molecule has 0 aromatic carbocycles. The normalized spacial score (nSPS) is 22.8. The van der Waals surface area contributed by atoms with Gasteiger partial charge in [0, 0.05) is 32.2 Å². The number of hydrogen-bond donors (Lipinski definition) is 2. The van der Waals surface area contributed by atoms with E-state index in [1.54, 1.807) is 4.90 Å². The fourth-order valence-corrected chi connectivity index (χ4v) is 2.33. The second-order valence-electron chi connectivity index (χ2n) is 5.05. The zero-order valence-electron chi connectivity index (χ0n) is 10.5. The zero-order valence-corrected chi connectivity index (χ0v) is 10.5. The largest absolute Gasteiger partial charge is 0.480 e. The third-order valence-corrected chi connectivity index (χ3v) is 3.65. The second kappa shape index (κ2) is 6.15. The van der Waals surface area contributed by atoms with E-state index in [1.165, 1.54) is 12.8 Å². The van der Waals surface area contributed by atoms with Crippen LogP contribution >= 0.6 is 0 Å². The van der Waals surface area contributed by atoms with Crippen molar-refractivity contribution in [3.05, 3.63) is 0 Å². The minimum absolute atomic E-state index is 0.426. The van der Waals surface area contributed by atoms with Gasteiger partial charge in [0.15, 0.2) is 0 Å². The maximum absolute atomic E-state index is 11.3. The molecule has 1 aliphatic heterocycles. The average Bonchev–Trinajstić information content (AvgIpc) is 3.18. The number of carboxylic acids is 1. The lowest BCUT2D eigenvalue weighted by Crippen LogP contribution is -2.52. The molecule has 18 heavy (non-hydrogen) atoms. The number of carboxylic acid groups (broad SMARTS) is 1. The zero-order chi connectivity index (χ0) is 13.0. The first-order valence-corrected chi connectivity index (χ1v) is 6.60. The van der Waals surface area contributed by atoms with Crippen molar-refractivity contribution in [3.8, 4) is 0 Å². The summed E-state index contributed by atoms with van der Waals surface area (Å²) in [5, 5.41) is 12.6. The summed E-state index contributed by atoms with van der Waals surface area (Å²) in [5.74, 6) is -0.757. The molecule has 1 amide bonds. The number of nitrogens with one attached hydrogen (secondary N) is 1. The first-order valence-electron chi connectivity index (χ1n) is 6.60. The maximum Gasteiger partial charge on any atom is 0.320 e. The molecule has 0 spiro atoms. The summed E-state index contributed by atoms with van der Waals surface area (Å²) in [6.07, 6.45) is 3.90. The van der Waals surface area contributed by atoms with Gasteiger partial charge in [-0.3, -0.25) is 14.5 Å². The molecule has 102 valence electrons. The van der Waals surface area contributed by atoms with Crippen LogP contribution < -0.4 is 5.32 Å². The molecule has 0 aromatic rings. The Hall–Kier alpha value is -1.14. The topological polar surface area (TPSA) is 72.9 Å². The van der Waals surface area contributed by atoms with Crippen molar-refractivity contribution in [1.82, 2.24) is 15.1 Å². The highest BCUT2D eigenvalue weighted by Gasteiger charge is 2.29. The van der Waals surface area contributed by atoms with Gasteiger partial charge in [-0.2, -0.15) is 0 Å². The van der Waals surface area contributed by atoms with Crippen molar-refractivity contribution < 1.29 is 14.7 Å². The van der Waals surface area contributed by atoms with Gasteiger partial charge >= 0.3 is 5.97 Å². The summed E-state index contributed by atoms with van der Waals surface area (Å²) >= 11 is 0. The lowest BCUT2D eigenvalue weighted by Gasteiger charge is -2.36. The second-order valence-corrected chi connectivity index (χ2v) is 5.05. The molecule has 2 rings (SSSR count). The average molecular weight is 255 g/mol. The molecule has 2 aliphatic rings. The van der Waals surface area contributed by atoms with E-state index >= 15 is 0 Å². The van der Waals surface area contributed by atoms with Gasteiger partial charge in [-0.15, -0.1) is 0 Å². The molecule has 6 heteroatoms. The molecule has 1 saturated heterocycles. The standard InChI is InChI=1S/C12H21N3O3/c16-9-14-5-7-15(8-6-14)11(12(17)18)3-4-13-10-1-2-10/h9-11,13H,1-8H2,(H,17,18). The number of carbonyl (C=O) groups excluding carboxylic acids is 1. The molecule has 2 fully saturated rings. The monoisotopic (exact) mass is 255 g/mol. The summed E-state index contributed by atoms with van der Waals surface area (Å²) in [5.41, 5.74) is 0. The van der Waals surface area contributed by atoms with Crippen LogP contribution in [0.2, 0.25) is 0 Å². The van der Waals surface area contributed by atoms with Crippen molar-refractivity contribution in [3.63, 3.8) is 0 Å². The Morgan fingerprint density at radius 2 is 2.00 bits per heavy atom. The van der Waals surface area contributed by atoms with Crippen LogP contribution in [-0.2, 0) is 9.59 Å². The van der Waals surface area contributed by atoms with E-state index in [0.29, 0.717) is 38.6 Å². The van der Waals surface area contributed by atoms with E-state index in [4.69, 9.17) is 0 Å². The van der Waals surface area contributed by atoms with Crippen LogP contribution in [0.25, 0.3) is 0 Å². The summed E-state index contributed by atoms with van der Waals surface area (Å²) in [4.78, 5) is 25.6. The Bertz CT molecular complexity index is 299. The van der Waals surface area contributed by atoms with Crippen LogP contribution in [-0.4, -0.2) is 72.1 Å². The molecule has 1 saturated carbocycles. The van der Waals surface area contributed by atoms with Crippen LogP contribution in [0.1, 0.15) is 19.3 Å². The van der Waals surface area contributed by atoms with E-state index < -0.39 is 12.0 Å². The van der Waals surface area contributed by atoms with Crippen molar-refractivity contribution in [2.45, 2.75) is 31.3 Å². The number of hydrogen-bond acceptors (Lipinski definition) is 4. The van der Waals surface area contributed by atoms with Crippen molar-refractivity contribution in [2.24, 2.45) is 0 Å². The smallest absolute Gasteiger partial charge is 0.320 e. The molecule has 1 atom stereocenters. The summed E-state index contributed by atoms with van der Waals surface area (Å²) in [6.45, 7) is 3.32. The van der Waals surface area contributed by atoms with Crippen LogP contribution in [0.4, 0.5) is 0 Å². The van der Waals surface area contributed by atoms with Gasteiger partial charge in [-0.05, 0) is 25.8 Å². The number of amides is 1. The Kier molecular flexibility index (Phi) is 4.54. The fourth-order valence-electron chi connectivity index (χ4n) is 2.33. The molecule has 0 bridgehead atoms. The van der Waals surface area contributed by atoms with E-state index in [2.05, 4.69) is 5.32 Å². The fraction of sp³-hybridized carbons (Fsp3) is 0.833. The first-order chi connectivity index (χ1) is 8.70. The Balaban J connectivity index is 1.77. The number of nitrogens with zero attached hydrogens (tertiary/aromatic N) is 2. The number of rotatable bonds is 7. The van der Waals surface area contributed by atoms with E-state index in [0.717, 1.165) is 13.0 Å². The predicted molar refractivity (Wildman–Crippen MR) is 66.3 cm³/mol. The Morgan fingerprint density at radius 1 is 1.33 bits per heavy atom. The van der Waals surface area contributed by atoms with Gasteiger partial charge < -0.3 is 15.3 Å². The van der Waals surface area contributed by atoms with Crippen LogP contribution in [0.3, 0.4) is 0 Å². The van der Waals surface area contributed by atoms with Crippen molar-refractivity contribution in [2.75, 3.05) is 32.7 Å². The van der Waals surface area contributed by atoms with Crippen LogP contribution in [0.5, 0.6) is 0 Å². The van der Waals surface area contributed by atoms with Crippen LogP contribution in [0, 0.1) is 0 Å². The number of carbonyl (C=O) groups is 2. The lowest BCUT2D eigenvalue weighted by atomic mass is 10.1. The highest BCUT2D eigenvalue weighted by atomic mass is 16.4. The highest BCUT2D eigenvalue weighted by Crippen LogP contribution is 2.18. The van der Waals surface area contributed by atoms with E-state index in [1.807, 2.05) is 4.90 Å². The van der Waals surface area contributed by atoms with Gasteiger partial charge in [0.25, 0.3) is 0 Å². The van der Waals surface area contributed by atoms with Gasteiger partial charge in [0.05, 0.1) is 0 Å². The lowest BCUT2D eigenvalue weighted by molar-refractivity contribution is -0.144. The van der Waals surface area contributed by atoms with Gasteiger partial charge in [0.1, 0.15) is 6.04 Å². The molecular weight excluding hydrogens is 234 g/mol. The third-order valence-electron chi connectivity index (χ3n) is 3.65. The third kappa shape index (κ3) is 3.68. The Morgan fingerprint density at radius 3 is 2.50 bits per heavy atom. The summed E-state index contributed by atoms with van der Waals surface area (Å²) in [7, 11) is 0. The maximum atomic E-state index is 11.3. The number of aliphatic carboxylic acids is 1. The van der Waals surface area contributed by atoms with Crippen molar-refractivity contribution >= 4 is 12.4 Å². The predicted octanol–water partition coefficient (Wildman–Crippen LogP) is -0.644. The number of piperazine rings is 1. The highest BCUT2D eigenvalue weighted by molar-refractivity contribution is 5.73. The SMILES string of the molecule is O=CN1CCN(C(CCNC2CC2)C(=O)O)CC1. The molecule has 0 aromatic heterocycles. The first kappa shape index (κ1) is 13.3. The minimum atomic E-state index is -0.757. The molecule has 6 nitrogen and oxygen atoms in total. The van der Waals surface area contributed by atoms with Crippen molar-refractivity contribution in [1.29, 1.82) is 0 Å². The molecule has 1 unspecified atom stereocenters. The molecule has 2 N–H and O–H groups in total. The van der Waals surface area contributed by atoms with Gasteiger partial charge in [0.2, 0.25) is 6.41 Å². The van der Waals surface area contributed by atoms with E-state index in [-0.39, 0.29) is 0 Å². The minimum Gasteiger partial charge on any atom is -0.480 e. The Labute approximate surface area is 107 Å².